The number of anilines is 1. The summed E-state index contributed by atoms with van der Waals surface area (Å²) < 4.78 is 13.6. The number of carbonyl (C=O) groups is 1. The Morgan fingerprint density at radius 1 is 1.43 bits per heavy atom. The predicted octanol–water partition coefficient (Wildman–Crippen LogP) is 2.54. The van der Waals surface area contributed by atoms with Gasteiger partial charge in [0.2, 0.25) is 0 Å². The van der Waals surface area contributed by atoms with Crippen molar-refractivity contribution in [1.29, 1.82) is 0 Å². The molecule has 0 saturated carbocycles. The van der Waals surface area contributed by atoms with Crippen LogP contribution in [0.4, 0.5) is 10.2 Å². The van der Waals surface area contributed by atoms with Crippen LogP contribution in [-0.2, 0) is 6.54 Å². The van der Waals surface area contributed by atoms with Crippen LogP contribution >= 0.6 is 15.9 Å². The molecule has 2 aromatic rings. The first kappa shape index (κ1) is 15.4. The Morgan fingerprint density at radius 2 is 2.10 bits per heavy atom. The number of rotatable bonds is 4. The molecule has 0 fully saturated rings. The van der Waals surface area contributed by atoms with E-state index in [1.165, 1.54) is 17.0 Å². The van der Waals surface area contributed by atoms with E-state index in [2.05, 4.69) is 26.3 Å². The molecule has 5 nitrogen and oxygen atoms in total. The minimum absolute atomic E-state index is 0.235. The highest BCUT2D eigenvalue weighted by atomic mass is 79.9. The van der Waals surface area contributed by atoms with Crippen LogP contribution in [0.15, 0.2) is 41.0 Å². The van der Waals surface area contributed by atoms with Gasteiger partial charge in [0, 0.05) is 24.3 Å². The molecule has 0 aliphatic rings. The number of pyridine rings is 1. The van der Waals surface area contributed by atoms with Crippen LogP contribution < -0.4 is 11.3 Å². The van der Waals surface area contributed by atoms with E-state index in [0.29, 0.717) is 22.4 Å². The van der Waals surface area contributed by atoms with Gasteiger partial charge in [-0.25, -0.2) is 15.2 Å². The Bertz CT molecular complexity index is 648. The van der Waals surface area contributed by atoms with Crippen molar-refractivity contribution in [3.8, 4) is 0 Å². The molecule has 21 heavy (non-hydrogen) atoms. The van der Waals surface area contributed by atoms with Gasteiger partial charge >= 0.3 is 0 Å². The van der Waals surface area contributed by atoms with E-state index in [1.807, 2.05) is 0 Å². The first-order chi connectivity index (χ1) is 10.0. The Morgan fingerprint density at radius 3 is 2.71 bits per heavy atom. The number of nitrogens with two attached hydrogens (primary N) is 1. The summed E-state index contributed by atoms with van der Waals surface area (Å²) in [6, 6.07) is 7.65. The molecule has 0 aliphatic carbocycles. The van der Waals surface area contributed by atoms with Gasteiger partial charge < -0.3 is 10.3 Å². The number of halogens is 2. The fourth-order valence-corrected chi connectivity index (χ4v) is 2.19. The molecular weight excluding hydrogens is 339 g/mol. The monoisotopic (exact) mass is 352 g/mol. The first-order valence-electron chi connectivity index (χ1n) is 6.13. The SMILES string of the molecule is CN(Cc1ccc(F)cc1)C(=O)c1cc(Br)cnc1NN. The number of benzene rings is 1. The Labute approximate surface area is 130 Å². The minimum atomic E-state index is -0.307. The zero-order chi connectivity index (χ0) is 15.4. The summed E-state index contributed by atoms with van der Waals surface area (Å²) in [6.45, 7) is 0.357. The number of nitrogens with zero attached hydrogens (tertiary/aromatic N) is 2. The zero-order valence-corrected chi connectivity index (χ0v) is 12.9. The number of amides is 1. The predicted molar refractivity (Wildman–Crippen MR) is 81.9 cm³/mol. The molecule has 1 aromatic heterocycles. The van der Waals surface area contributed by atoms with Gasteiger partial charge in [0.25, 0.3) is 5.91 Å². The van der Waals surface area contributed by atoms with Gasteiger partial charge in [-0.1, -0.05) is 12.1 Å². The molecule has 0 bridgehead atoms. The number of aromatic nitrogens is 1. The van der Waals surface area contributed by atoms with E-state index < -0.39 is 0 Å². The molecule has 2 rings (SSSR count). The second-order valence-corrected chi connectivity index (χ2v) is 5.40. The summed E-state index contributed by atoms with van der Waals surface area (Å²) in [5.41, 5.74) is 3.59. The second kappa shape index (κ2) is 6.64. The van der Waals surface area contributed by atoms with Crippen molar-refractivity contribution in [1.82, 2.24) is 9.88 Å². The molecule has 0 radical (unpaired) electrons. The van der Waals surface area contributed by atoms with E-state index in [9.17, 15) is 9.18 Å². The summed E-state index contributed by atoms with van der Waals surface area (Å²) in [7, 11) is 1.66. The molecule has 3 N–H and O–H groups in total. The fourth-order valence-electron chi connectivity index (χ4n) is 1.86. The Hall–Kier alpha value is -1.99. The van der Waals surface area contributed by atoms with Crippen molar-refractivity contribution in [3.63, 3.8) is 0 Å². The highest BCUT2D eigenvalue weighted by molar-refractivity contribution is 9.10. The van der Waals surface area contributed by atoms with Crippen molar-refractivity contribution in [2.24, 2.45) is 5.84 Å². The lowest BCUT2D eigenvalue weighted by molar-refractivity contribution is 0.0785. The van der Waals surface area contributed by atoms with Gasteiger partial charge in [-0.2, -0.15) is 0 Å². The van der Waals surface area contributed by atoms with Crippen molar-refractivity contribution in [2.45, 2.75) is 6.54 Å². The van der Waals surface area contributed by atoms with Crippen molar-refractivity contribution < 1.29 is 9.18 Å². The number of nitrogen functional groups attached to an aromatic ring is 1. The van der Waals surface area contributed by atoms with Gasteiger partial charge in [-0.3, -0.25) is 4.79 Å². The molecule has 1 amide bonds. The van der Waals surface area contributed by atoms with E-state index in [1.54, 1.807) is 31.4 Å². The van der Waals surface area contributed by atoms with Crippen LogP contribution in [0.1, 0.15) is 15.9 Å². The molecule has 0 saturated heterocycles. The van der Waals surface area contributed by atoms with Gasteiger partial charge in [0.1, 0.15) is 5.82 Å². The quantitative estimate of drug-likeness (QED) is 0.655. The lowest BCUT2D eigenvalue weighted by Crippen LogP contribution is -2.28. The summed E-state index contributed by atoms with van der Waals surface area (Å²) >= 11 is 3.27. The number of hydrogen-bond acceptors (Lipinski definition) is 4. The summed E-state index contributed by atoms with van der Waals surface area (Å²) in [5, 5.41) is 0. The zero-order valence-electron chi connectivity index (χ0n) is 11.3. The maximum Gasteiger partial charge on any atom is 0.257 e. The third kappa shape index (κ3) is 3.77. The summed E-state index contributed by atoms with van der Waals surface area (Å²) in [4.78, 5) is 18.0. The molecule has 0 unspecified atom stereocenters. The normalized spacial score (nSPS) is 10.3. The number of hydrazine groups is 1. The van der Waals surface area contributed by atoms with Crippen LogP contribution in [0.25, 0.3) is 0 Å². The molecular formula is C14H14BrFN4O. The maximum atomic E-state index is 12.9. The number of hydrogen-bond donors (Lipinski definition) is 2. The van der Waals surface area contributed by atoms with Gasteiger partial charge in [0.15, 0.2) is 5.82 Å². The van der Waals surface area contributed by atoms with E-state index in [-0.39, 0.29) is 11.7 Å². The van der Waals surface area contributed by atoms with Gasteiger partial charge in [0.05, 0.1) is 5.56 Å². The molecule has 1 aromatic carbocycles. The molecule has 0 aliphatic heterocycles. The number of nitrogens with one attached hydrogen (secondary N) is 1. The van der Waals surface area contributed by atoms with Crippen LogP contribution in [0.5, 0.6) is 0 Å². The Kier molecular flexibility index (Phi) is 4.87. The second-order valence-electron chi connectivity index (χ2n) is 4.48. The molecule has 7 heteroatoms. The topological polar surface area (TPSA) is 71.2 Å². The van der Waals surface area contributed by atoms with Crippen molar-refractivity contribution in [3.05, 3.63) is 57.9 Å². The molecule has 110 valence electrons. The van der Waals surface area contributed by atoms with Gasteiger partial charge in [-0.05, 0) is 39.7 Å². The van der Waals surface area contributed by atoms with Crippen LogP contribution in [-0.4, -0.2) is 22.8 Å². The molecule has 0 spiro atoms. The summed E-state index contributed by atoms with van der Waals surface area (Å²) in [5.74, 6) is 5.13. The maximum absolute atomic E-state index is 12.9. The third-order valence-electron chi connectivity index (χ3n) is 2.90. The van der Waals surface area contributed by atoms with Crippen molar-refractivity contribution in [2.75, 3.05) is 12.5 Å². The third-order valence-corrected chi connectivity index (χ3v) is 3.33. The lowest BCUT2D eigenvalue weighted by Gasteiger charge is -2.18. The summed E-state index contributed by atoms with van der Waals surface area (Å²) in [6.07, 6.45) is 1.55. The Balaban J connectivity index is 2.19. The average molecular weight is 353 g/mol. The average Bonchev–Trinajstić information content (AvgIpc) is 2.48. The first-order valence-corrected chi connectivity index (χ1v) is 6.92. The van der Waals surface area contributed by atoms with E-state index >= 15 is 0 Å². The van der Waals surface area contributed by atoms with Crippen molar-refractivity contribution >= 4 is 27.7 Å². The van der Waals surface area contributed by atoms with E-state index in [0.717, 1.165) is 5.56 Å². The van der Waals surface area contributed by atoms with Crippen LogP contribution in [0.3, 0.4) is 0 Å². The fraction of sp³-hybridized carbons (Fsp3) is 0.143. The molecule has 0 atom stereocenters. The molecule has 1 heterocycles. The van der Waals surface area contributed by atoms with Crippen LogP contribution in [0, 0.1) is 5.82 Å². The standard InChI is InChI=1S/C14H14BrFN4O/c1-20(8-9-2-4-11(16)5-3-9)14(21)12-6-10(15)7-18-13(12)19-17/h2-7H,8,17H2,1H3,(H,18,19). The minimum Gasteiger partial charge on any atom is -0.337 e. The highest BCUT2D eigenvalue weighted by Gasteiger charge is 2.17. The smallest absolute Gasteiger partial charge is 0.257 e. The van der Waals surface area contributed by atoms with Gasteiger partial charge in [-0.15, -0.1) is 0 Å². The lowest BCUT2D eigenvalue weighted by atomic mass is 10.2. The van der Waals surface area contributed by atoms with Crippen LogP contribution in [0.2, 0.25) is 0 Å². The van der Waals surface area contributed by atoms with E-state index in [4.69, 9.17) is 5.84 Å². The number of carbonyl (C=O) groups excluding carboxylic acids is 1. The highest BCUT2D eigenvalue weighted by Crippen LogP contribution is 2.19. The largest absolute Gasteiger partial charge is 0.337 e.